The van der Waals surface area contributed by atoms with Gasteiger partial charge in [0.2, 0.25) is 11.8 Å². The highest BCUT2D eigenvalue weighted by molar-refractivity contribution is 5.94. The van der Waals surface area contributed by atoms with E-state index in [-0.39, 0.29) is 34.0 Å². The van der Waals surface area contributed by atoms with Crippen molar-refractivity contribution in [2.45, 2.75) is 19.5 Å². The molecule has 1 saturated heterocycles. The minimum absolute atomic E-state index is 0.153. The Morgan fingerprint density at radius 1 is 1.05 bits per heavy atom. The Labute approximate surface area is 249 Å². The molecule has 13 nitrogen and oxygen atoms in total. The van der Waals surface area contributed by atoms with Crippen molar-refractivity contribution in [3.8, 4) is 17.2 Å². The number of alkyl halides is 2. The van der Waals surface area contributed by atoms with E-state index in [0.717, 1.165) is 5.56 Å². The van der Waals surface area contributed by atoms with Gasteiger partial charge in [-0.2, -0.15) is 8.78 Å². The van der Waals surface area contributed by atoms with Crippen LogP contribution in [-0.4, -0.2) is 85.1 Å². The molecule has 2 aromatic carbocycles. The number of benzene rings is 2. The number of rotatable bonds is 8. The smallest absolute Gasteiger partial charge is 0.350 e. The molecule has 6 rings (SSSR count). The van der Waals surface area contributed by atoms with Crippen LogP contribution in [0.3, 0.4) is 0 Å². The number of oxazole rings is 1. The summed E-state index contributed by atoms with van der Waals surface area (Å²) in [5.74, 6) is 0.249. The molecular weight excluding hydrogens is 576 g/mol. The van der Waals surface area contributed by atoms with Crippen LogP contribution in [0, 0.1) is 0 Å². The van der Waals surface area contributed by atoms with E-state index >= 15 is 0 Å². The number of halogens is 2. The minimum Gasteiger partial charge on any atom is -0.494 e. The number of ether oxygens (including phenoxy) is 1. The number of nitrogens with one attached hydrogen (secondary N) is 1. The molecule has 0 spiro atoms. The zero-order valence-electron chi connectivity index (χ0n) is 23.7. The van der Waals surface area contributed by atoms with Crippen LogP contribution < -0.4 is 10.1 Å². The van der Waals surface area contributed by atoms with E-state index in [9.17, 15) is 18.4 Å². The van der Waals surface area contributed by atoms with Gasteiger partial charge in [-0.15, -0.1) is 10.2 Å². The van der Waals surface area contributed by atoms with E-state index in [1.54, 1.807) is 29.2 Å². The third-order valence-electron chi connectivity index (χ3n) is 7.19. The molecule has 44 heavy (non-hydrogen) atoms. The lowest BCUT2D eigenvalue weighted by Gasteiger charge is -2.38. The minimum atomic E-state index is -2.90. The lowest BCUT2D eigenvalue weighted by Crippen LogP contribution is -2.50. The van der Waals surface area contributed by atoms with Crippen molar-refractivity contribution in [3.63, 3.8) is 0 Å². The summed E-state index contributed by atoms with van der Waals surface area (Å²) in [7, 11) is 1.48. The number of piperazine rings is 1. The van der Waals surface area contributed by atoms with Crippen LogP contribution in [0.4, 0.5) is 14.5 Å². The molecule has 1 N–H and O–H groups in total. The quantitative estimate of drug-likeness (QED) is 0.278. The Balaban J connectivity index is 1.21. The number of anilines is 1. The van der Waals surface area contributed by atoms with Crippen molar-refractivity contribution in [3.05, 3.63) is 77.9 Å². The Morgan fingerprint density at radius 2 is 1.82 bits per heavy atom. The Bertz CT molecular complexity index is 1800. The average Bonchev–Trinajstić information content (AvgIpc) is 3.69. The number of amides is 2. The maximum atomic E-state index is 13.6. The number of hydrogen-bond acceptors (Lipinski definition) is 10. The molecule has 1 fully saturated rings. The molecule has 3 aromatic heterocycles. The molecule has 4 heterocycles. The van der Waals surface area contributed by atoms with Crippen LogP contribution in [-0.2, 0) is 4.79 Å². The van der Waals surface area contributed by atoms with Crippen molar-refractivity contribution in [1.29, 1.82) is 0 Å². The van der Waals surface area contributed by atoms with Crippen molar-refractivity contribution in [2.24, 2.45) is 0 Å². The van der Waals surface area contributed by atoms with Gasteiger partial charge in [0.25, 0.3) is 5.91 Å². The van der Waals surface area contributed by atoms with Gasteiger partial charge in [0.1, 0.15) is 17.0 Å². The number of aromatic nitrogens is 6. The molecule has 0 unspecified atom stereocenters. The maximum Gasteiger partial charge on any atom is 0.350 e. The van der Waals surface area contributed by atoms with Crippen molar-refractivity contribution in [2.75, 3.05) is 38.6 Å². The topological polar surface area (TPSA) is 144 Å². The second kappa shape index (κ2) is 12.1. The lowest BCUT2D eigenvalue weighted by atomic mass is 10.0. The van der Waals surface area contributed by atoms with Gasteiger partial charge in [-0.3, -0.25) is 14.5 Å². The molecule has 0 bridgehead atoms. The zero-order valence-corrected chi connectivity index (χ0v) is 23.7. The summed E-state index contributed by atoms with van der Waals surface area (Å²) in [6, 6.07) is 15.5. The van der Waals surface area contributed by atoms with Gasteiger partial charge in [-0.1, -0.05) is 35.1 Å². The van der Waals surface area contributed by atoms with Crippen molar-refractivity contribution < 1.29 is 27.5 Å². The van der Waals surface area contributed by atoms with E-state index in [1.807, 2.05) is 35.2 Å². The van der Waals surface area contributed by atoms with Crippen molar-refractivity contribution >= 4 is 28.6 Å². The molecule has 2 amide bonds. The van der Waals surface area contributed by atoms with Gasteiger partial charge in [0.05, 0.1) is 24.9 Å². The highest BCUT2D eigenvalue weighted by Crippen LogP contribution is 2.33. The number of fused-ring (bicyclic) bond motifs is 1. The van der Waals surface area contributed by atoms with Gasteiger partial charge in [0, 0.05) is 38.8 Å². The summed E-state index contributed by atoms with van der Waals surface area (Å²) < 4.78 is 37.8. The van der Waals surface area contributed by atoms with E-state index in [2.05, 4.69) is 30.7 Å². The third-order valence-corrected chi connectivity index (χ3v) is 7.19. The molecule has 226 valence electrons. The van der Waals surface area contributed by atoms with Crippen LogP contribution in [0.15, 0.2) is 65.2 Å². The van der Waals surface area contributed by atoms with Gasteiger partial charge in [-0.25, -0.2) is 9.97 Å². The summed E-state index contributed by atoms with van der Waals surface area (Å²) in [6.45, 7) is 0.0740. The Morgan fingerprint density at radius 3 is 2.50 bits per heavy atom. The van der Waals surface area contributed by atoms with Crippen LogP contribution >= 0.6 is 0 Å². The summed E-state index contributed by atoms with van der Waals surface area (Å²) in [6.07, 6.45) is 1.44. The predicted octanol–water partition coefficient (Wildman–Crippen LogP) is 3.79. The highest BCUT2D eigenvalue weighted by atomic mass is 19.3. The molecular formula is C29H27F2N9O4. The summed E-state index contributed by atoms with van der Waals surface area (Å²) in [5.41, 5.74) is 3.03. The number of hydrogen-bond donors (Lipinski definition) is 1. The Kier molecular flexibility index (Phi) is 7.93. The van der Waals surface area contributed by atoms with E-state index in [4.69, 9.17) is 9.15 Å². The summed E-state index contributed by atoms with van der Waals surface area (Å²) in [4.78, 5) is 37.9. The summed E-state index contributed by atoms with van der Waals surface area (Å²) >= 11 is 0. The normalized spacial score (nSPS) is 14.6. The highest BCUT2D eigenvalue weighted by Gasteiger charge is 2.32. The zero-order chi connectivity index (χ0) is 30.8. The summed E-state index contributed by atoms with van der Waals surface area (Å²) in [5, 5.41) is 14.0. The molecule has 1 aliphatic rings. The standard InChI is InChI=1S/C29H27F2N9O4/c1-17(41)33-19-8-9-23-21(14-19)34-27(44-23)20-15-22(32-16-24(20)43-2)28(42)39-12-10-38(11-13-39)25(18-6-4-3-5-7-18)26-35-37-40(36-26)29(30)31/h3-9,14-16,25,29H,10-13H2,1-2H3,(H,33,41)/t25-/m1/s1. The van der Waals surface area contributed by atoms with Crippen LogP contribution in [0.1, 0.15) is 41.4 Å². The second-order valence-corrected chi connectivity index (χ2v) is 10.0. The van der Waals surface area contributed by atoms with Gasteiger partial charge < -0.3 is 19.4 Å². The van der Waals surface area contributed by atoms with Crippen LogP contribution in [0.5, 0.6) is 5.75 Å². The average molecular weight is 604 g/mol. The predicted molar refractivity (Wildman–Crippen MR) is 153 cm³/mol. The maximum absolute atomic E-state index is 13.6. The number of carbonyl (C=O) groups excluding carboxylic acids is 2. The van der Waals surface area contributed by atoms with Crippen LogP contribution in [0.25, 0.3) is 22.6 Å². The van der Waals surface area contributed by atoms with Crippen LogP contribution in [0.2, 0.25) is 0 Å². The van der Waals surface area contributed by atoms with E-state index in [1.165, 1.54) is 20.2 Å². The first-order chi connectivity index (χ1) is 21.3. The monoisotopic (exact) mass is 603 g/mol. The van der Waals surface area contributed by atoms with E-state index < -0.39 is 12.6 Å². The van der Waals surface area contributed by atoms with E-state index in [0.29, 0.717) is 54.3 Å². The molecule has 0 saturated carbocycles. The fraction of sp³-hybridized carbons (Fsp3) is 0.276. The first-order valence-corrected chi connectivity index (χ1v) is 13.7. The fourth-order valence-electron chi connectivity index (χ4n) is 5.15. The number of tetrazole rings is 1. The van der Waals surface area contributed by atoms with Gasteiger partial charge >= 0.3 is 6.55 Å². The SMILES string of the molecule is COc1cnc(C(=O)N2CCN([C@H](c3ccccc3)c3nnn(C(F)F)n3)CC2)cc1-c1nc2cc(NC(C)=O)ccc2o1. The molecule has 1 aliphatic heterocycles. The Hall–Kier alpha value is -5.31. The number of methoxy groups -OCH3 is 1. The molecule has 1 atom stereocenters. The third kappa shape index (κ3) is 5.81. The second-order valence-electron chi connectivity index (χ2n) is 10.0. The fourth-order valence-corrected chi connectivity index (χ4v) is 5.15. The van der Waals surface area contributed by atoms with Gasteiger partial charge in [0.15, 0.2) is 11.4 Å². The molecule has 0 aliphatic carbocycles. The van der Waals surface area contributed by atoms with Gasteiger partial charge in [-0.05, 0) is 35.0 Å². The molecule has 0 radical (unpaired) electrons. The first kappa shape index (κ1) is 28.8. The lowest BCUT2D eigenvalue weighted by molar-refractivity contribution is -0.114. The number of nitrogens with zero attached hydrogens (tertiary/aromatic N) is 8. The molecule has 5 aromatic rings. The number of pyridine rings is 1. The number of carbonyl (C=O) groups is 2. The first-order valence-electron chi connectivity index (χ1n) is 13.7. The molecule has 15 heteroatoms. The van der Waals surface area contributed by atoms with Crippen molar-refractivity contribution in [1.82, 2.24) is 40.0 Å². The largest absolute Gasteiger partial charge is 0.494 e.